The summed E-state index contributed by atoms with van der Waals surface area (Å²) in [5.74, 6) is -0.0766. The maximum atomic E-state index is 11.5. The normalized spacial score (nSPS) is 13.9. The molecule has 1 amide bonds. The number of aliphatic hydroxyl groups excluding tert-OH is 1. The van der Waals surface area contributed by atoms with E-state index in [1.54, 1.807) is 40.7 Å². The summed E-state index contributed by atoms with van der Waals surface area (Å²) >= 11 is 0. The molecule has 2 N–H and O–H groups in total. The minimum Gasteiger partial charge on any atom is -0.444 e. The molecular weight excluding hydrogens is 246 g/mol. The third-order valence-corrected chi connectivity index (χ3v) is 2.44. The molecule has 1 atom stereocenters. The van der Waals surface area contributed by atoms with Crippen LogP contribution in [0.4, 0.5) is 4.79 Å². The molecular formula is C14H25NO4. The van der Waals surface area contributed by atoms with Crippen LogP contribution in [-0.2, 0) is 9.53 Å². The summed E-state index contributed by atoms with van der Waals surface area (Å²) in [6.45, 7) is 9.11. The van der Waals surface area contributed by atoms with Gasteiger partial charge in [-0.3, -0.25) is 4.79 Å². The number of hydrogen-bond donors (Lipinski definition) is 2. The topological polar surface area (TPSA) is 75.6 Å². The Kier molecular flexibility index (Phi) is 7.37. The summed E-state index contributed by atoms with van der Waals surface area (Å²) < 4.78 is 5.05. The Bertz CT molecular complexity index is 342. The smallest absolute Gasteiger partial charge is 0.407 e. The van der Waals surface area contributed by atoms with Crippen molar-refractivity contribution in [2.24, 2.45) is 0 Å². The Morgan fingerprint density at radius 2 is 1.95 bits per heavy atom. The molecule has 0 aromatic rings. The molecule has 0 spiro atoms. The van der Waals surface area contributed by atoms with Gasteiger partial charge in [0, 0.05) is 13.0 Å². The molecule has 0 rings (SSSR count). The average Bonchev–Trinajstić information content (AvgIpc) is 2.25. The minimum atomic E-state index is -0.752. The lowest BCUT2D eigenvalue weighted by Gasteiger charge is -2.20. The number of rotatable bonds is 6. The van der Waals surface area contributed by atoms with Crippen molar-refractivity contribution in [3.8, 4) is 0 Å². The highest BCUT2D eigenvalue weighted by Crippen LogP contribution is 2.07. The predicted octanol–water partition coefficient (Wildman–Crippen LogP) is 2.19. The van der Waals surface area contributed by atoms with Gasteiger partial charge in [-0.1, -0.05) is 6.08 Å². The predicted molar refractivity (Wildman–Crippen MR) is 73.9 cm³/mol. The zero-order valence-electron chi connectivity index (χ0n) is 12.4. The molecule has 5 heteroatoms. The third-order valence-electron chi connectivity index (χ3n) is 2.44. The molecule has 0 saturated carbocycles. The maximum Gasteiger partial charge on any atom is 0.407 e. The molecule has 1 unspecified atom stereocenters. The SMILES string of the molecule is C/C=C(\C)C(=O)CC(O)CCNC(=O)OC(C)(C)C. The van der Waals surface area contributed by atoms with Crippen LogP contribution in [-0.4, -0.2) is 35.2 Å². The number of alkyl carbamates (subject to hydrolysis) is 1. The van der Waals surface area contributed by atoms with E-state index in [-0.39, 0.29) is 18.7 Å². The summed E-state index contributed by atoms with van der Waals surface area (Å²) in [6, 6.07) is 0. The van der Waals surface area contributed by atoms with Crippen LogP contribution in [0.2, 0.25) is 0 Å². The molecule has 0 aliphatic rings. The fourth-order valence-corrected chi connectivity index (χ4v) is 1.29. The lowest BCUT2D eigenvalue weighted by Crippen LogP contribution is -2.34. The van der Waals surface area contributed by atoms with E-state index in [2.05, 4.69) is 5.32 Å². The van der Waals surface area contributed by atoms with Crippen LogP contribution in [0, 0.1) is 0 Å². The van der Waals surface area contributed by atoms with Gasteiger partial charge in [0.05, 0.1) is 6.10 Å². The number of carbonyl (C=O) groups excluding carboxylic acids is 2. The number of nitrogens with one attached hydrogen (secondary N) is 1. The lowest BCUT2D eigenvalue weighted by molar-refractivity contribution is -0.117. The highest BCUT2D eigenvalue weighted by Gasteiger charge is 2.16. The molecule has 5 nitrogen and oxygen atoms in total. The van der Waals surface area contributed by atoms with Gasteiger partial charge in [0.1, 0.15) is 5.60 Å². The van der Waals surface area contributed by atoms with E-state index in [9.17, 15) is 14.7 Å². The van der Waals surface area contributed by atoms with Crippen molar-refractivity contribution in [3.05, 3.63) is 11.6 Å². The molecule has 19 heavy (non-hydrogen) atoms. The summed E-state index contributed by atoms with van der Waals surface area (Å²) in [6.07, 6.45) is 0.843. The fourth-order valence-electron chi connectivity index (χ4n) is 1.29. The van der Waals surface area contributed by atoms with E-state index < -0.39 is 17.8 Å². The van der Waals surface area contributed by atoms with Crippen molar-refractivity contribution in [2.45, 2.75) is 59.2 Å². The van der Waals surface area contributed by atoms with Crippen molar-refractivity contribution >= 4 is 11.9 Å². The van der Waals surface area contributed by atoms with Crippen LogP contribution in [0.1, 0.15) is 47.5 Å². The number of Topliss-reactive ketones (excluding diaryl/α,β-unsaturated/α-hetero) is 1. The number of ether oxygens (including phenoxy) is 1. The van der Waals surface area contributed by atoms with Crippen LogP contribution in [0.5, 0.6) is 0 Å². The second kappa shape index (κ2) is 7.94. The molecule has 0 radical (unpaired) electrons. The molecule has 0 aliphatic carbocycles. The van der Waals surface area contributed by atoms with E-state index in [4.69, 9.17) is 4.74 Å². The molecule has 0 aliphatic heterocycles. The maximum absolute atomic E-state index is 11.5. The van der Waals surface area contributed by atoms with E-state index >= 15 is 0 Å². The Morgan fingerprint density at radius 3 is 2.42 bits per heavy atom. The monoisotopic (exact) mass is 271 g/mol. The van der Waals surface area contributed by atoms with Gasteiger partial charge in [-0.05, 0) is 46.6 Å². The van der Waals surface area contributed by atoms with E-state index in [1.807, 2.05) is 0 Å². The molecule has 0 heterocycles. The lowest BCUT2D eigenvalue weighted by atomic mass is 10.0. The fraction of sp³-hybridized carbons (Fsp3) is 0.714. The first-order chi connectivity index (χ1) is 8.65. The first-order valence-corrected chi connectivity index (χ1v) is 6.46. The highest BCUT2D eigenvalue weighted by atomic mass is 16.6. The average molecular weight is 271 g/mol. The van der Waals surface area contributed by atoms with Gasteiger partial charge in [0.25, 0.3) is 0 Å². The second-order valence-corrected chi connectivity index (χ2v) is 5.47. The number of allylic oxidation sites excluding steroid dienone is 2. The summed E-state index contributed by atoms with van der Waals surface area (Å²) in [5, 5.41) is 12.2. The van der Waals surface area contributed by atoms with Gasteiger partial charge in [0.15, 0.2) is 5.78 Å². The van der Waals surface area contributed by atoms with Crippen molar-refractivity contribution < 1.29 is 19.4 Å². The second-order valence-electron chi connectivity index (χ2n) is 5.47. The first kappa shape index (κ1) is 17.6. The van der Waals surface area contributed by atoms with E-state index in [1.165, 1.54) is 0 Å². The van der Waals surface area contributed by atoms with Crippen molar-refractivity contribution in [2.75, 3.05) is 6.54 Å². The molecule has 0 aromatic carbocycles. The van der Waals surface area contributed by atoms with Crippen molar-refractivity contribution in [3.63, 3.8) is 0 Å². The standard InChI is InChI=1S/C14H25NO4/c1-6-10(2)12(17)9-11(16)7-8-15-13(18)19-14(3,4)5/h6,11,16H,7-9H2,1-5H3,(H,15,18)/b10-6+. The Hall–Kier alpha value is -1.36. The molecule has 110 valence electrons. The molecule has 0 bridgehead atoms. The van der Waals surface area contributed by atoms with Crippen LogP contribution in [0.3, 0.4) is 0 Å². The molecule has 0 saturated heterocycles. The van der Waals surface area contributed by atoms with Gasteiger partial charge in [-0.25, -0.2) is 4.79 Å². The number of hydrogen-bond acceptors (Lipinski definition) is 4. The Morgan fingerprint density at radius 1 is 1.37 bits per heavy atom. The highest BCUT2D eigenvalue weighted by molar-refractivity contribution is 5.94. The zero-order chi connectivity index (χ0) is 15.1. The minimum absolute atomic E-state index is 0.0756. The van der Waals surface area contributed by atoms with Gasteiger partial charge in [0.2, 0.25) is 0 Å². The number of amides is 1. The van der Waals surface area contributed by atoms with Crippen LogP contribution < -0.4 is 5.32 Å². The zero-order valence-corrected chi connectivity index (χ0v) is 12.4. The first-order valence-electron chi connectivity index (χ1n) is 6.46. The number of carbonyl (C=O) groups is 2. The van der Waals surface area contributed by atoms with Gasteiger partial charge in [-0.2, -0.15) is 0 Å². The van der Waals surface area contributed by atoms with E-state index in [0.29, 0.717) is 12.0 Å². The quantitative estimate of drug-likeness (QED) is 0.726. The van der Waals surface area contributed by atoms with Gasteiger partial charge < -0.3 is 15.2 Å². The van der Waals surface area contributed by atoms with Gasteiger partial charge in [-0.15, -0.1) is 0 Å². The van der Waals surface area contributed by atoms with Crippen LogP contribution in [0.25, 0.3) is 0 Å². The third kappa shape index (κ3) is 9.25. The van der Waals surface area contributed by atoms with Gasteiger partial charge >= 0.3 is 6.09 Å². The van der Waals surface area contributed by atoms with Crippen LogP contribution in [0.15, 0.2) is 11.6 Å². The summed E-state index contributed by atoms with van der Waals surface area (Å²) in [7, 11) is 0. The largest absolute Gasteiger partial charge is 0.444 e. The molecule has 0 aromatic heterocycles. The summed E-state index contributed by atoms with van der Waals surface area (Å²) in [4.78, 5) is 22.9. The van der Waals surface area contributed by atoms with Crippen LogP contribution >= 0.6 is 0 Å². The Labute approximate surface area is 115 Å². The number of aliphatic hydroxyl groups is 1. The summed E-state index contributed by atoms with van der Waals surface area (Å²) in [5.41, 5.74) is 0.0981. The van der Waals surface area contributed by atoms with E-state index in [0.717, 1.165) is 0 Å². The van der Waals surface area contributed by atoms with Crippen molar-refractivity contribution in [1.82, 2.24) is 5.32 Å². The molecule has 0 fully saturated rings. The van der Waals surface area contributed by atoms with Crippen molar-refractivity contribution in [1.29, 1.82) is 0 Å². The number of ketones is 1. The Balaban J connectivity index is 3.90.